The lowest BCUT2D eigenvalue weighted by molar-refractivity contribution is -0.199. The molecule has 3 heterocycles. The number of hydrogen-bond donors (Lipinski definition) is 2. The maximum atomic E-state index is 13.5. The van der Waals surface area contributed by atoms with Gasteiger partial charge in [0.2, 0.25) is 5.79 Å². The van der Waals surface area contributed by atoms with Crippen LogP contribution in [-0.4, -0.2) is 53.0 Å². The lowest BCUT2D eigenvalue weighted by Crippen LogP contribution is -2.65. The van der Waals surface area contributed by atoms with Crippen LogP contribution in [0.2, 0.25) is 0 Å². The maximum absolute atomic E-state index is 13.5. The van der Waals surface area contributed by atoms with Crippen molar-refractivity contribution >= 4 is 5.97 Å². The molecule has 9 rings (SSSR count). The van der Waals surface area contributed by atoms with Gasteiger partial charge in [-0.2, -0.15) is 0 Å². The molecule has 3 saturated carbocycles. The number of carbonyl (C=O) groups is 1. The number of benzene rings is 1. The number of ether oxygens (including phenoxy) is 3. The van der Waals surface area contributed by atoms with Gasteiger partial charge in [0.1, 0.15) is 0 Å². The van der Waals surface area contributed by atoms with Crippen LogP contribution in [0.15, 0.2) is 54.1 Å². The van der Waals surface area contributed by atoms with Crippen LogP contribution in [0.4, 0.5) is 0 Å². The van der Waals surface area contributed by atoms with Crippen LogP contribution in [0, 0.1) is 50.7 Å². The number of fused-ring (bicyclic) bond motifs is 5. The van der Waals surface area contributed by atoms with Crippen LogP contribution in [-0.2, 0) is 25.4 Å². The van der Waals surface area contributed by atoms with E-state index in [4.69, 9.17) is 14.2 Å². The fraction of sp³-hybridized carbons (Fsp3) is 0.718. The van der Waals surface area contributed by atoms with Gasteiger partial charge in [0.25, 0.3) is 0 Å². The first-order valence-corrected chi connectivity index (χ1v) is 17.6. The van der Waals surface area contributed by atoms with Gasteiger partial charge in [-0.1, -0.05) is 74.9 Å². The van der Waals surface area contributed by atoms with Crippen LogP contribution >= 0.6 is 0 Å². The van der Waals surface area contributed by atoms with Crippen LogP contribution in [0.1, 0.15) is 84.6 Å². The van der Waals surface area contributed by atoms with Crippen molar-refractivity contribution in [3.63, 3.8) is 0 Å². The molecule has 13 atom stereocenters. The SMILES string of the molecule is C[C@]1(O)COC2(C[C@@H]([C@@H]3CC[C@]45C[C@]34C=C[C@@H]3[C@@]4(C)CC=C6C[C@@H](Cc7ccccc7)OC[C@]6(C)[C@@H]4C[C@@H](O)[C@]35C)C(=O)O2)C1. The zero-order valence-corrected chi connectivity index (χ0v) is 27.4. The lowest BCUT2D eigenvalue weighted by atomic mass is 9.38. The van der Waals surface area contributed by atoms with E-state index in [0.717, 1.165) is 44.9 Å². The standard InChI is InChI=1S/C39H50O6/c1-33(42)20-39(44-22-33)19-27(32(41)45-39)28-11-15-38-21-37(28,38)14-12-29-34(2)13-10-25-17-26(16-24-8-6-5-7-9-24)43-23-35(25,3)30(34)18-31(40)36(29,38)4/h5-10,12,14,26-31,40,42H,11,13,15-23H2,1-4H3/t26-,27+,28+,29-,30-,31-,33-,34-,35+,36+,37-,38-,39?/m1/s1. The molecule has 1 aromatic carbocycles. The summed E-state index contributed by atoms with van der Waals surface area (Å²) in [5.74, 6) is -0.570. The predicted octanol–water partition coefficient (Wildman–Crippen LogP) is 6.15. The van der Waals surface area contributed by atoms with Crippen molar-refractivity contribution in [2.24, 2.45) is 50.7 Å². The first kappa shape index (κ1) is 29.2. The fourth-order valence-corrected chi connectivity index (χ4v) is 13.3. The van der Waals surface area contributed by atoms with Gasteiger partial charge in [0.15, 0.2) is 0 Å². The minimum atomic E-state index is -0.984. The third-order valence-electron chi connectivity index (χ3n) is 15.4. The van der Waals surface area contributed by atoms with Crippen molar-refractivity contribution in [3.8, 4) is 0 Å². The van der Waals surface area contributed by atoms with Gasteiger partial charge in [0, 0.05) is 23.7 Å². The van der Waals surface area contributed by atoms with Gasteiger partial charge in [-0.25, -0.2) is 0 Å². The Kier molecular flexibility index (Phi) is 5.78. The molecule has 1 spiro atoms. The topological polar surface area (TPSA) is 85.2 Å². The van der Waals surface area contributed by atoms with E-state index < -0.39 is 17.5 Å². The number of aliphatic hydroxyl groups excluding tert-OH is 1. The van der Waals surface area contributed by atoms with Crippen molar-refractivity contribution in [3.05, 3.63) is 59.7 Å². The number of esters is 1. The Hall–Kier alpha value is -1.99. The molecule has 5 aliphatic carbocycles. The minimum absolute atomic E-state index is 0.00425. The molecule has 0 bridgehead atoms. The third-order valence-corrected chi connectivity index (χ3v) is 15.4. The van der Waals surface area contributed by atoms with Gasteiger partial charge in [0.05, 0.1) is 36.9 Å². The first-order chi connectivity index (χ1) is 21.3. The maximum Gasteiger partial charge on any atom is 0.312 e. The highest BCUT2D eigenvalue weighted by Gasteiger charge is 2.85. The molecular formula is C39H50O6. The van der Waals surface area contributed by atoms with E-state index >= 15 is 0 Å². The molecule has 3 saturated heterocycles. The van der Waals surface area contributed by atoms with Gasteiger partial charge in [-0.3, -0.25) is 4.79 Å². The molecule has 6 heteroatoms. The zero-order chi connectivity index (χ0) is 31.3. The molecule has 0 radical (unpaired) electrons. The van der Waals surface area contributed by atoms with E-state index in [0.29, 0.717) is 25.4 Å². The van der Waals surface area contributed by atoms with Crippen molar-refractivity contribution in [2.45, 2.75) is 109 Å². The molecule has 242 valence electrons. The Balaban J connectivity index is 1.01. The molecule has 0 amide bonds. The second kappa shape index (κ2) is 8.92. The fourth-order valence-electron chi connectivity index (χ4n) is 13.3. The van der Waals surface area contributed by atoms with Crippen molar-refractivity contribution in [2.75, 3.05) is 13.2 Å². The van der Waals surface area contributed by atoms with Crippen molar-refractivity contribution in [1.82, 2.24) is 0 Å². The minimum Gasteiger partial charge on any atom is -0.433 e. The molecule has 3 aliphatic heterocycles. The molecule has 0 aromatic heterocycles. The lowest BCUT2D eigenvalue weighted by Gasteiger charge is -2.67. The molecule has 6 nitrogen and oxygen atoms in total. The number of carbonyl (C=O) groups excluding carboxylic acids is 1. The second-order valence-corrected chi connectivity index (χ2v) is 17.7. The largest absolute Gasteiger partial charge is 0.433 e. The molecule has 8 aliphatic rings. The van der Waals surface area contributed by atoms with Gasteiger partial charge >= 0.3 is 5.97 Å². The Labute approximate surface area is 267 Å². The highest BCUT2D eigenvalue weighted by molar-refractivity contribution is 5.76. The number of hydrogen-bond acceptors (Lipinski definition) is 6. The zero-order valence-electron chi connectivity index (χ0n) is 27.4. The van der Waals surface area contributed by atoms with Crippen molar-refractivity contribution in [1.29, 1.82) is 0 Å². The Morgan fingerprint density at radius 2 is 1.84 bits per heavy atom. The van der Waals surface area contributed by atoms with Gasteiger partial charge < -0.3 is 24.4 Å². The average Bonchev–Trinajstić information content (AvgIpc) is 3.22. The van der Waals surface area contributed by atoms with E-state index in [1.807, 2.05) is 0 Å². The molecule has 1 aromatic rings. The number of aliphatic hydroxyl groups is 2. The predicted molar refractivity (Wildman–Crippen MR) is 169 cm³/mol. The molecule has 1 unspecified atom stereocenters. The summed E-state index contributed by atoms with van der Waals surface area (Å²) in [7, 11) is 0. The Morgan fingerprint density at radius 3 is 2.60 bits per heavy atom. The number of rotatable bonds is 3. The smallest absolute Gasteiger partial charge is 0.312 e. The monoisotopic (exact) mass is 614 g/mol. The summed E-state index contributed by atoms with van der Waals surface area (Å²) in [6.45, 7) is 10.00. The molecule has 2 N–H and O–H groups in total. The average molecular weight is 615 g/mol. The van der Waals surface area contributed by atoms with Crippen LogP contribution in [0.25, 0.3) is 0 Å². The number of allylic oxidation sites excluding steroid dienone is 3. The van der Waals surface area contributed by atoms with E-state index in [2.05, 4.69) is 69.3 Å². The first-order valence-electron chi connectivity index (χ1n) is 17.6. The summed E-state index contributed by atoms with van der Waals surface area (Å²) in [6.07, 6.45) is 15.1. The second-order valence-electron chi connectivity index (χ2n) is 17.7. The summed E-state index contributed by atoms with van der Waals surface area (Å²) < 4.78 is 18.6. The Morgan fingerprint density at radius 1 is 1.04 bits per heavy atom. The summed E-state index contributed by atoms with van der Waals surface area (Å²) in [6, 6.07) is 10.7. The van der Waals surface area contributed by atoms with E-state index in [9.17, 15) is 15.0 Å². The van der Waals surface area contributed by atoms with Gasteiger partial charge in [-0.15, -0.1) is 0 Å². The van der Waals surface area contributed by atoms with Crippen LogP contribution in [0.3, 0.4) is 0 Å². The van der Waals surface area contributed by atoms with Crippen molar-refractivity contribution < 1.29 is 29.2 Å². The highest BCUT2D eigenvalue weighted by atomic mass is 16.7. The molecular weight excluding hydrogens is 564 g/mol. The quantitative estimate of drug-likeness (QED) is 0.314. The molecule has 45 heavy (non-hydrogen) atoms. The van der Waals surface area contributed by atoms with Gasteiger partial charge in [-0.05, 0) is 91.4 Å². The third kappa shape index (κ3) is 3.58. The highest BCUT2D eigenvalue weighted by Crippen LogP contribution is 2.89. The van der Waals surface area contributed by atoms with E-state index in [1.165, 1.54) is 11.1 Å². The summed E-state index contributed by atoms with van der Waals surface area (Å²) in [5.41, 5.74) is 1.54. The normalized spacial score (nSPS) is 55.7. The summed E-state index contributed by atoms with van der Waals surface area (Å²) in [5, 5.41) is 23.0. The van der Waals surface area contributed by atoms with E-state index in [-0.39, 0.29) is 63.5 Å². The summed E-state index contributed by atoms with van der Waals surface area (Å²) >= 11 is 0. The summed E-state index contributed by atoms with van der Waals surface area (Å²) in [4.78, 5) is 13.5. The van der Waals surface area contributed by atoms with Crippen LogP contribution < -0.4 is 0 Å². The Bertz CT molecular complexity index is 1500. The van der Waals surface area contributed by atoms with E-state index in [1.54, 1.807) is 6.92 Å². The van der Waals surface area contributed by atoms with Crippen LogP contribution in [0.5, 0.6) is 0 Å². The molecule has 6 fully saturated rings.